The highest BCUT2D eigenvalue weighted by Crippen LogP contribution is 2.27. The number of anilines is 1. The SMILES string of the molecule is NNc1c(Br)cnn(CC2CCC2)c1=O. The van der Waals surface area contributed by atoms with Crippen LogP contribution in [0.3, 0.4) is 0 Å². The predicted octanol–water partition coefficient (Wildman–Crippen LogP) is 1.09. The number of hydrogen-bond acceptors (Lipinski definition) is 4. The van der Waals surface area contributed by atoms with Crippen LogP contribution in [0.1, 0.15) is 19.3 Å². The van der Waals surface area contributed by atoms with Gasteiger partial charge in [-0.2, -0.15) is 5.10 Å². The zero-order valence-electron chi connectivity index (χ0n) is 8.24. The lowest BCUT2D eigenvalue weighted by Crippen LogP contribution is -2.31. The second-order valence-corrected chi connectivity index (χ2v) is 4.65. The monoisotopic (exact) mass is 272 g/mol. The summed E-state index contributed by atoms with van der Waals surface area (Å²) in [6, 6.07) is 0. The average molecular weight is 273 g/mol. The maximum atomic E-state index is 11.8. The van der Waals surface area contributed by atoms with Crippen LogP contribution >= 0.6 is 15.9 Å². The summed E-state index contributed by atoms with van der Waals surface area (Å²) in [5.74, 6) is 5.88. The first-order valence-electron chi connectivity index (χ1n) is 4.94. The molecule has 0 unspecified atom stereocenters. The molecule has 0 radical (unpaired) electrons. The van der Waals surface area contributed by atoms with Crippen molar-refractivity contribution in [1.82, 2.24) is 9.78 Å². The fraction of sp³-hybridized carbons (Fsp3) is 0.556. The van der Waals surface area contributed by atoms with E-state index in [1.54, 1.807) is 6.20 Å². The Morgan fingerprint density at radius 1 is 1.67 bits per heavy atom. The highest BCUT2D eigenvalue weighted by molar-refractivity contribution is 9.10. The van der Waals surface area contributed by atoms with E-state index in [-0.39, 0.29) is 5.56 Å². The Labute approximate surface area is 95.8 Å². The fourth-order valence-electron chi connectivity index (χ4n) is 1.65. The molecule has 5 nitrogen and oxygen atoms in total. The van der Waals surface area contributed by atoms with Crippen molar-refractivity contribution in [3.63, 3.8) is 0 Å². The van der Waals surface area contributed by atoms with Crippen molar-refractivity contribution in [3.8, 4) is 0 Å². The van der Waals surface area contributed by atoms with Crippen molar-refractivity contribution < 1.29 is 0 Å². The number of rotatable bonds is 3. The van der Waals surface area contributed by atoms with Gasteiger partial charge in [-0.25, -0.2) is 4.68 Å². The molecule has 0 amide bonds. The Morgan fingerprint density at radius 2 is 2.40 bits per heavy atom. The van der Waals surface area contributed by atoms with Gasteiger partial charge >= 0.3 is 0 Å². The number of nitrogens with one attached hydrogen (secondary N) is 1. The summed E-state index contributed by atoms with van der Waals surface area (Å²) in [5, 5.41) is 4.07. The number of aromatic nitrogens is 2. The molecule has 1 fully saturated rings. The second kappa shape index (κ2) is 4.32. The molecule has 1 aromatic heterocycles. The third-order valence-electron chi connectivity index (χ3n) is 2.80. The molecule has 0 spiro atoms. The van der Waals surface area contributed by atoms with Crippen molar-refractivity contribution in [2.45, 2.75) is 25.8 Å². The summed E-state index contributed by atoms with van der Waals surface area (Å²) in [6.45, 7) is 0.695. The molecule has 0 bridgehead atoms. The second-order valence-electron chi connectivity index (χ2n) is 3.80. The third-order valence-corrected chi connectivity index (χ3v) is 3.40. The molecule has 0 saturated heterocycles. The van der Waals surface area contributed by atoms with Crippen LogP contribution in [0.4, 0.5) is 5.69 Å². The maximum absolute atomic E-state index is 11.8. The van der Waals surface area contributed by atoms with Gasteiger partial charge in [0.25, 0.3) is 5.56 Å². The van der Waals surface area contributed by atoms with Gasteiger partial charge in [0.2, 0.25) is 0 Å². The molecule has 1 saturated carbocycles. The Balaban J connectivity index is 2.27. The van der Waals surface area contributed by atoms with Gasteiger partial charge in [0.15, 0.2) is 0 Å². The molecule has 2 rings (SSSR count). The molecule has 0 aliphatic heterocycles. The quantitative estimate of drug-likeness (QED) is 0.638. The minimum Gasteiger partial charge on any atom is -0.318 e. The average Bonchev–Trinajstić information content (AvgIpc) is 2.15. The topological polar surface area (TPSA) is 72.9 Å². The molecule has 15 heavy (non-hydrogen) atoms. The molecule has 1 aliphatic rings. The van der Waals surface area contributed by atoms with Gasteiger partial charge in [-0.3, -0.25) is 10.6 Å². The van der Waals surface area contributed by atoms with Crippen LogP contribution in [-0.4, -0.2) is 9.78 Å². The van der Waals surface area contributed by atoms with Crippen LogP contribution in [0.5, 0.6) is 0 Å². The lowest BCUT2D eigenvalue weighted by atomic mass is 9.85. The molecule has 1 aromatic rings. The third kappa shape index (κ3) is 2.05. The molecule has 3 N–H and O–H groups in total. The highest BCUT2D eigenvalue weighted by Gasteiger charge is 2.19. The molecule has 1 heterocycles. The number of hydrogen-bond donors (Lipinski definition) is 2. The van der Waals surface area contributed by atoms with Gasteiger partial charge in [0, 0.05) is 6.54 Å². The fourth-order valence-corrected chi connectivity index (χ4v) is 2.02. The Hall–Kier alpha value is -0.880. The van der Waals surface area contributed by atoms with Crippen molar-refractivity contribution in [1.29, 1.82) is 0 Å². The highest BCUT2D eigenvalue weighted by atomic mass is 79.9. The van der Waals surface area contributed by atoms with E-state index >= 15 is 0 Å². The van der Waals surface area contributed by atoms with Crippen LogP contribution in [0.15, 0.2) is 15.5 Å². The van der Waals surface area contributed by atoms with Gasteiger partial charge in [-0.05, 0) is 34.7 Å². The van der Waals surface area contributed by atoms with E-state index in [4.69, 9.17) is 5.84 Å². The molecule has 0 atom stereocenters. The lowest BCUT2D eigenvalue weighted by Gasteiger charge is -2.25. The molecule has 82 valence electrons. The largest absolute Gasteiger partial charge is 0.318 e. The van der Waals surface area contributed by atoms with Crippen molar-refractivity contribution >= 4 is 21.6 Å². The van der Waals surface area contributed by atoms with Crippen molar-refractivity contribution in [2.24, 2.45) is 11.8 Å². The van der Waals surface area contributed by atoms with E-state index in [2.05, 4.69) is 26.5 Å². The van der Waals surface area contributed by atoms with E-state index in [0.29, 0.717) is 22.6 Å². The lowest BCUT2D eigenvalue weighted by molar-refractivity contribution is 0.262. The Bertz CT molecular complexity index is 413. The minimum absolute atomic E-state index is 0.168. The van der Waals surface area contributed by atoms with E-state index in [1.807, 2.05) is 0 Å². The van der Waals surface area contributed by atoms with E-state index in [1.165, 1.54) is 23.9 Å². The summed E-state index contributed by atoms with van der Waals surface area (Å²) < 4.78 is 2.07. The number of nitrogens with two attached hydrogens (primary N) is 1. The van der Waals surface area contributed by atoms with Crippen LogP contribution in [0.25, 0.3) is 0 Å². The summed E-state index contributed by atoms with van der Waals surface area (Å²) in [5.41, 5.74) is 2.59. The van der Waals surface area contributed by atoms with E-state index in [0.717, 1.165) is 0 Å². The number of halogens is 1. The summed E-state index contributed by atoms with van der Waals surface area (Å²) >= 11 is 3.22. The van der Waals surface area contributed by atoms with E-state index < -0.39 is 0 Å². The number of nitrogen functional groups attached to an aromatic ring is 1. The Kier molecular flexibility index (Phi) is 3.06. The zero-order chi connectivity index (χ0) is 10.8. The van der Waals surface area contributed by atoms with Crippen molar-refractivity contribution in [3.05, 3.63) is 21.0 Å². The van der Waals surface area contributed by atoms with Gasteiger partial charge in [-0.1, -0.05) is 6.42 Å². The van der Waals surface area contributed by atoms with Crippen LogP contribution < -0.4 is 16.8 Å². The Morgan fingerprint density at radius 3 is 2.93 bits per heavy atom. The summed E-state index contributed by atoms with van der Waals surface area (Å²) in [7, 11) is 0. The van der Waals surface area contributed by atoms with Gasteiger partial charge < -0.3 is 5.43 Å². The predicted molar refractivity (Wildman–Crippen MR) is 61.3 cm³/mol. The standard InChI is InChI=1S/C9H13BrN4O/c10-7-4-12-14(5-6-2-1-3-6)9(15)8(7)13-11/h4,6,13H,1-3,5,11H2. The number of hydrazine groups is 1. The minimum atomic E-state index is -0.168. The van der Waals surface area contributed by atoms with Crippen LogP contribution in [0.2, 0.25) is 0 Å². The maximum Gasteiger partial charge on any atom is 0.292 e. The van der Waals surface area contributed by atoms with Gasteiger partial charge in [0.05, 0.1) is 10.7 Å². The summed E-state index contributed by atoms with van der Waals surface area (Å²) in [4.78, 5) is 11.8. The molecule has 1 aliphatic carbocycles. The molecular formula is C9H13BrN4O. The first-order valence-corrected chi connectivity index (χ1v) is 5.74. The van der Waals surface area contributed by atoms with Gasteiger partial charge in [0.1, 0.15) is 5.69 Å². The van der Waals surface area contributed by atoms with Crippen LogP contribution in [0, 0.1) is 5.92 Å². The molecule has 6 heteroatoms. The molecular weight excluding hydrogens is 260 g/mol. The molecule has 0 aromatic carbocycles. The smallest absolute Gasteiger partial charge is 0.292 e. The zero-order valence-corrected chi connectivity index (χ0v) is 9.83. The first-order chi connectivity index (χ1) is 7.22. The van der Waals surface area contributed by atoms with Crippen LogP contribution in [-0.2, 0) is 6.54 Å². The first kappa shape index (κ1) is 10.6. The van der Waals surface area contributed by atoms with Gasteiger partial charge in [-0.15, -0.1) is 0 Å². The van der Waals surface area contributed by atoms with E-state index in [9.17, 15) is 4.79 Å². The summed E-state index contributed by atoms with van der Waals surface area (Å²) in [6.07, 6.45) is 5.23. The normalized spacial score (nSPS) is 16.1. The van der Waals surface area contributed by atoms with Crippen molar-refractivity contribution in [2.75, 3.05) is 5.43 Å². The number of nitrogens with zero attached hydrogens (tertiary/aromatic N) is 2.